The average Bonchev–Trinajstić information content (AvgIpc) is 2.44. The number of carbonyl (C=O) groups is 1. The van der Waals surface area contributed by atoms with E-state index in [-0.39, 0.29) is 0 Å². The summed E-state index contributed by atoms with van der Waals surface area (Å²) in [4.78, 5) is 10.4. The molecule has 0 heterocycles. The van der Waals surface area contributed by atoms with Crippen LogP contribution < -0.4 is 0 Å². The largest absolute Gasteiger partial charge is 0.481 e. The molecule has 1 fully saturated rings. The van der Waals surface area contributed by atoms with Crippen LogP contribution in [0.25, 0.3) is 0 Å². The fourth-order valence-electron chi connectivity index (χ4n) is 3.74. The highest BCUT2D eigenvalue weighted by Crippen LogP contribution is 2.36. The molecule has 1 N–H and O–H groups in total. The molecule has 0 spiro atoms. The Bertz CT molecular complexity index is 250. The molecule has 2 heteroatoms. The number of carboxylic acids is 1. The molecule has 2 nitrogen and oxygen atoms in total. The van der Waals surface area contributed by atoms with Crippen molar-refractivity contribution in [2.75, 3.05) is 0 Å². The van der Waals surface area contributed by atoms with Crippen molar-refractivity contribution in [3.63, 3.8) is 0 Å². The molecule has 0 aromatic rings. The lowest BCUT2D eigenvalue weighted by molar-refractivity contribution is -0.137. The smallest absolute Gasteiger partial charge is 0.303 e. The van der Waals surface area contributed by atoms with E-state index in [4.69, 9.17) is 5.11 Å². The van der Waals surface area contributed by atoms with Crippen molar-refractivity contribution in [3.05, 3.63) is 0 Å². The van der Waals surface area contributed by atoms with E-state index in [2.05, 4.69) is 6.92 Å². The summed E-state index contributed by atoms with van der Waals surface area (Å²) in [5, 5.41) is 8.61. The SMILES string of the molecule is CCCCCC1CCCCC1CCCCCCC(=O)O. The van der Waals surface area contributed by atoms with Gasteiger partial charge in [0, 0.05) is 6.42 Å². The highest BCUT2D eigenvalue weighted by atomic mass is 16.4. The Balaban J connectivity index is 2.10. The first-order valence-electron chi connectivity index (χ1n) is 8.95. The molecule has 0 radical (unpaired) electrons. The van der Waals surface area contributed by atoms with Crippen LogP contribution in [0.1, 0.15) is 96.8 Å². The number of carboxylic acid groups (broad SMARTS) is 1. The molecule has 0 bridgehead atoms. The van der Waals surface area contributed by atoms with E-state index in [9.17, 15) is 4.79 Å². The lowest BCUT2D eigenvalue weighted by Crippen LogP contribution is -2.19. The molecular formula is C18H34O2. The van der Waals surface area contributed by atoms with Crippen LogP contribution in [-0.2, 0) is 4.79 Å². The van der Waals surface area contributed by atoms with Crippen LogP contribution in [0.2, 0.25) is 0 Å². The summed E-state index contributed by atoms with van der Waals surface area (Å²) in [6.45, 7) is 2.29. The maximum Gasteiger partial charge on any atom is 0.303 e. The topological polar surface area (TPSA) is 37.3 Å². The Labute approximate surface area is 125 Å². The molecular weight excluding hydrogens is 248 g/mol. The van der Waals surface area contributed by atoms with Crippen LogP contribution in [0.4, 0.5) is 0 Å². The van der Waals surface area contributed by atoms with Gasteiger partial charge in [-0.2, -0.15) is 0 Å². The van der Waals surface area contributed by atoms with E-state index in [1.807, 2.05) is 0 Å². The monoisotopic (exact) mass is 282 g/mol. The van der Waals surface area contributed by atoms with Gasteiger partial charge >= 0.3 is 5.97 Å². The fraction of sp³-hybridized carbons (Fsp3) is 0.944. The fourth-order valence-corrected chi connectivity index (χ4v) is 3.74. The Morgan fingerprint density at radius 2 is 1.45 bits per heavy atom. The van der Waals surface area contributed by atoms with Gasteiger partial charge in [0.05, 0.1) is 0 Å². The zero-order valence-electron chi connectivity index (χ0n) is 13.4. The van der Waals surface area contributed by atoms with Crippen LogP contribution in [-0.4, -0.2) is 11.1 Å². The Kier molecular flexibility index (Phi) is 9.78. The van der Waals surface area contributed by atoms with Gasteiger partial charge in [0.2, 0.25) is 0 Å². The highest BCUT2D eigenvalue weighted by molar-refractivity contribution is 5.66. The second-order valence-corrected chi connectivity index (χ2v) is 6.65. The number of unbranched alkanes of at least 4 members (excludes halogenated alkanes) is 5. The molecule has 1 aliphatic rings. The molecule has 0 aromatic carbocycles. The third-order valence-corrected chi connectivity index (χ3v) is 4.96. The third-order valence-electron chi connectivity index (χ3n) is 4.96. The summed E-state index contributed by atoms with van der Waals surface area (Å²) < 4.78 is 0. The van der Waals surface area contributed by atoms with E-state index in [1.54, 1.807) is 0 Å². The molecule has 1 rings (SSSR count). The van der Waals surface area contributed by atoms with E-state index in [0.29, 0.717) is 6.42 Å². The summed E-state index contributed by atoms with van der Waals surface area (Å²) in [6, 6.07) is 0. The number of hydrogen-bond donors (Lipinski definition) is 1. The van der Waals surface area contributed by atoms with Gasteiger partial charge in [-0.1, -0.05) is 84.0 Å². The second-order valence-electron chi connectivity index (χ2n) is 6.65. The first-order valence-corrected chi connectivity index (χ1v) is 8.95. The summed E-state index contributed by atoms with van der Waals surface area (Å²) >= 11 is 0. The average molecular weight is 282 g/mol. The van der Waals surface area contributed by atoms with Crippen molar-refractivity contribution < 1.29 is 9.90 Å². The molecule has 0 aliphatic heterocycles. The molecule has 20 heavy (non-hydrogen) atoms. The summed E-state index contributed by atoms with van der Waals surface area (Å²) in [5.41, 5.74) is 0. The van der Waals surface area contributed by atoms with E-state index >= 15 is 0 Å². The van der Waals surface area contributed by atoms with Gasteiger partial charge in [-0.25, -0.2) is 0 Å². The lowest BCUT2D eigenvalue weighted by atomic mass is 9.74. The van der Waals surface area contributed by atoms with Crippen LogP contribution in [0.3, 0.4) is 0 Å². The van der Waals surface area contributed by atoms with Gasteiger partial charge in [-0.05, 0) is 18.3 Å². The number of rotatable bonds is 11. The van der Waals surface area contributed by atoms with E-state index < -0.39 is 5.97 Å². The molecule has 118 valence electrons. The number of aliphatic carboxylic acids is 1. The van der Waals surface area contributed by atoms with Crippen molar-refractivity contribution >= 4 is 5.97 Å². The number of hydrogen-bond acceptors (Lipinski definition) is 1. The quantitative estimate of drug-likeness (QED) is 0.486. The molecule has 1 saturated carbocycles. The van der Waals surface area contributed by atoms with Crippen LogP contribution in [0, 0.1) is 11.8 Å². The standard InChI is InChI=1S/C18H34O2/c1-2-3-6-11-16-13-9-10-14-17(16)12-7-4-5-8-15-18(19)20/h16-17H,2-15H2,1H3,(H,19,20). The Hall–Kier alpha value is -0.530. The zero-order valence-corrected chi connectivity index (χ0v) is 13.4. The third kappa shape index (κ3) is 7.91. The zero-order chi connectivity index (χ0) is 14.6. The van der Waals surface area contributed by atoms with Gasteiger partial charge in [0.25, 0.3) is 0 Å². The molecule has 0 amide bonds. The predicted octanol–water partition coefficient (Wildman–Crippen LogP) is 5.80. The minimum absolute atomic E-state index is 0.350. The molecule has 2 unspecified atom stereocenters. The first-order chi connectivity index (χ1) is 9.74. The minimum Gasteiger partial charge on any atom is -0.481 e. The van der Waals surface area contributed by atoms with E-state index in [0.717, 1.165) is 24.7 Å². The first kappa shape index (κ1) is 17.5. The second kappa shape index (κ2) is 11.2. The van der Waals surface area contributed by atoms with Crippen molar-refractivity contribution in [1.29, 1.82) is 0 Å². The summed E-state index contributed by atoms with van der Waals surface area (Å²) in [7, 11) is 0. The minimum atomic E-state index is -0.645. The maximum atomic E-state index is 10.4. The van der Waals surface area contributed by atoms with Gasteiger partial charge in [-0.3, -0.25) is 4.79 Å². The Morgan fingerprint density at radius 3 is 2.00 bits per heavy atom. The van der Waals surface area contributed by atoms with Crippen molar-refractivity contribution in [1.82, 2.24) is 0 Å². The van der Waals surface area contributed by atoms with Crippen molar-refractivity contribution in [2.24, 2.45) is 11.8 Å². The van der Waals surface area contributed by atoms with Gasteiger partial charge in [0.1, 0.15) is 0 Å². The molecule has 0 aromatic heterocycles. The predicted molar refractivity (Wildman–Crippen MR) is 84.9 cm³/mol. The van der Waals surface area contributed by atoms with Crippen LogP contribution >= 0.6 is 0 Å². The van der Waals surface area contributed by atoms with E-state index in [1.165, 1.54) is 70.6 Å². The summed E-state index contributed by atoms with van der Waals surface area (Å²) in [6.07, 6.45) is 17.7. The summed E-state index contributed by atoms with van der Waals surface area (Å²) in [5.74, 6) is 1.32. The molecule has 2 atom stereocenters. The molecule has 1 aliphatic carbocycles. The van der Waals surface area contributed by atoms with Crippen LogP contribution in [0.5, 0.6) is 0 Å². The van der Waals surface area contributed by atoms with Crippen molar-refractivity contribution in [3.8, 4) is 0 Å². The normalized spacial score (nSPS) is 22.9. The van der Waals surface area contributed by atoms with Crippen molar-refractivity contribution in [2.45, 2.75) is 96.8 Å². The maximum absolute atomic E-state index is 10.4. The van der Waals surface area contributed by atoms with Gasteiger partial charge in [0.15, 0.2) is 0 Å². The van der Waals surface area contributed by atoms with Gasteiger partial charge in [-0.15, -0.1) is 0 Å². The molecule has 0 saturated heterocycles. The highest BCUT2D eigenvalue weighted by Gasteiger charge is 2.23. The van der Waals surface area contributed by atoms with Gasteiger partial charge < -0.3 is 5.11 Å². The lowest BCUT2D eigenvalue weighted by Gasteiger charge is -2.32. The van der Waals surface area contributed by atoms with Crippen LogP contribution in [0.15, 0.2) is 0 Å². The Morgan fingerprint density at radius 1 is 0.900 bits per heavy atom.